The maximum absolute atomic E-state index is 13.5. The van der Waals surface area contributed by atoms with Crippen LogP contribution in [0.25, 0.3) is 21.7 Å². The molecule has 4 aromatic carbocycles. The van der Waals surface area contributed by atoms with E-state index >= 15 is 0 Å². The van der Waals surface area contributed by atoms with Crippen LogP contribution in [0, 0.1) is 0 Å². The van der Waals surface area contributed by atoms with Crippen molar-refractivity contribution in [3.63, 3.8) is 0 Å². The molecule has 31 heavy (non-hydrogen) atoms. The maximum atomic E-state index is 13.5. The molecular formula is C27H15NO3. The minimum atomic E-state index is -0.201. The summed E-state index contributed by atoms with van der Waals surface area (Å²) in [7, 11) is 0. The van der Waals surface area contributed by atoms with Crippen LogP contribution in [0.4, 0.5) is 0 Å². The maximum Gasteiger partial charge on any atom is 0.198 e. The summed E-state index contributed by atoms with van der Waals surface area (Å²) in [4.78, 5) is 31.1. The van der Waals surface area contributed by atoms with Gasteiger partial charge in [0.15, 0.2) is 11.6 Å². The van der Waals surface area contributed by atoms with Gasteiger partial charge < -0.3 is 4.74 Å². The Labute approximate surface area is 177 Å². The van der Waals surface area contributed by atoms with Crippen LogP contribution in [0.3, 0.4) is 0 Å². The van der Waals surface area contributed by atoms with Crippen molar-refractivity contribution in [2.45, 2.75) is 0 Å². The van der Waals surface area contributed by atoms with E-state index in [-0.39, 0.29) is 11.6 Å². The number of carbonyl (C=O) groups is 2. The van der Waals surface area contributed by atoms with Gasteiger partial charge in [-0.3, -0.25) is 14.6 Å². The van der Waals surface area contributed by atoms with Crippen LogP contribution in [0.2, 0.25) is 0 Å². The summed E-state index contributed by atoms with van der Waals surface area (Å²) in [6, 6.07) is 25.8. The predicted molar refractivity (Wildman–Crippen MR) is 119 cm³/mol. The third-order valence-corrected chi connectivity index (χ3v) is 5.68. The highest BCUT2D eigenvalue weighted by molar-refractivity contribution is 6.31. The van der Waals surface area contributed by atoms with E-state index in [9.17, 15) is 9.59 Å². The van der Waals surface area contributed by atoms with Gasteiger partial charge >= 0.3 is 0 Å². The number of pyridine rings is 1. The fraction of sp³-hybridized carbons (Fsp3) is 0. The first-order valence-electron chi connectivity index (χ1n) is 9.97. The van der Waals surface area contributed by atoms with Crippen molar-refractivity contribution in [2.75, 3.05) is 0 Å². The Morgan fingerprint density at radius 3 is 2.26 bits per heavy atom. The van der Waals surface area contributed by atoms with Gasteiger partial charge in [0.05, 0.1) is 11.1 Å². The van der Waals surface area contributed by atoms with Gasteiger partial charge in [-0.2, -0.15) is 0 Å². The lowest BCUT2D eigenvalue weighted by Crippen LogP contribution is -2.21. The highest BCUT2D eigenvalue weighted by Crippen LogP contribution is 2.41. The fourth-order valence-electron chi connectivity index (χ4n) is 4.22. The molecule has 0 atom stereocenters. The topological polar surface area (TPSA) is 56.3 Å². The van der Waals surface area contributed by atoms with Crippen LogP contribution in [0.5, 0.6) is 11.5 Å². The summed E-state index contributed by atoms with van der Waals surface area (Å²) in [5, 5.41) is 2.56. The summed E-state index contributed by atoms with van der Waals surface area (Å²) in [5.41, 5.74) is 2.38. The number of ketones is 2. The number of hydrogen-bond acceptors (Lipinski definition) is 4. The van der Waals surface area contributed by atoms with Gasteiger partial charge in [0.2, 0.25) is 0 Å². The second-order valence-corrected chi connectivity index (χ2v) is 7.51. The largest absolute Gasteiger partial charge is 0.456 e. The van der Waals surface area contributed by atoms with Crippen molar-refractivity contribution in [2.24, 2.45) is 0 Å². The molecule has 0 unspecified atom stereocenters. The van der Waals surface area contributed by atoms with Crippen molar-refractivity contribution in [1.29, 1.82) is 0 Å². The number of hydrogen-bond donors (Lipinski definition) is 0. The molecule has 1 heterocycles. The number of benzene rings is 4. The molecule has 6 rings (SSSR count). The van der Waals surface area contributed by atoms with Crippen LogP contribution in [-0.2, 0) is 0 Å². The number of aromatic nitrogens is 1. The van der Waals surface area contributed by atoms with Crippen LogP contribution >= 0.6 is 0 Å². The molecule has 1 aromatic heterocycles. The van der Waals surface area contributed by atoms with E-state index in [0.29, 0.717) is 33.8 Å². The first kappa shape index (κ1) is 17.5. The van der Waals surface area contributed by atoms with Gasteiger partial charge in [0, 0.05) is 33.7 Å². The summed E-state index contributed by atoms with van der Waals surface area (Å²) >= 11 is 0. The monoisotopic (exact) mass is 401 g/mol. The lowest BCUT2D eigenvalue weighted by Gasteiger charge is -2.22. The zero-order valence-electron chi connectivity index (χ0n) is 16.3. The molecule has 0 bridgehead atoms. The Balaban J connectivity index is 1.61. The van der Waals surface area contributed by atoms with E-state index in [0.717, 1.165) is 21.7 Å². The zero-order chi connectivity index (χ0) is 20.9. The second-order valence-electron chi connectivity index (χ2n) is 7.51. The molecule has 1 aliphatic carbocycles. The Kier molecular flexibility index (Phi) is 3.74. The molecule has 0 radical (unpaired) electrons. The highest BCUT2D eigenvalue weighted by atomic mass is 16.5. The quantitative estimate of drug-likeness (QED) is 0.359. The van der Waals surface area contributed by atoms with Crippen LogP contribution < -0.4 is 4.74 Å². The minimum absolute atomic E-state index is 0.163. The number of rotatable bonds is 2. The summed E-state index contributed by atoms with van der Waals surface area (Å²) in [6.07, 6.45) is 1.74. The van der Waals surface area contributed by atoms with Crippen molar-refractivity contribution in [1.82, 2.24) is 4.98 Å². The lowest BCUT2D eigenvalue weighted by atomic mass is 9.82. The molecule has 146 valence electrons. The molecule has 0 amide bonds. The molecular weight excluding hydrogens is 386 g/mol. The van der Waals surface area contributed by atoms with Crippen molar-refractivity contribution < 1.29 is 14.3 Å². The molecule has 0 saturated heterocycles. The van der Waals surface area contributed by atoms with E-state index in [1.165, 1.54) is 0 Å². The first-order chi connectivity index (χ1) is 15.2. The number of fused-ring (bicyclic) bond motifs is 4. The standard InChI is InChI=1S/C27H15NO3/c29-25-20-9-3-4-10-21(20)26(30)24-22(25)15-16-6-1-2-8-19(16)27(24)31-18-11-12-23-17(14-18)7-5-13-28-23/h1-15H. The molecule has 0 aliphatic heterocycles. The fourth-order valence-corrected chi connectivity index (χ4v) is 4.22. The number of carbonyl (C=O) groups excluding carboxylic acids is 2. The zero-order valence-corrected chi connectivity index (χ0v) is 16.3. The van der Waals surface area contributed by atoms with Crippen molar-refractivity contribution >= 4 is 33.2 Å². The molecule has 5 aromatic rings. The van der Waals surface area contributed by atoms with E-state index in [1.54, 1.807) is 36.5 Å². The van der Waals surface area contributed by atoms with Gasteiger partial charge in [0.1, 0.15) is 11.5 Å². The molecule has 0 fully saturated rings. The molecule has 0 saturated carbocycles. The number of ether oxygens (including phenoxy) is 1. The number of nitrogens with zero attached hydrogens (tertiary/aromatic N) is 1. The van der Waals surface area contributed by atoms with E-state index in [2.05, 4.69) is 4.98 Å². The van der Waals surface area contributed by atoms with Gasteiger partial charge in [-0.25, -0.2) is 0 Å². The normalized spacial score (nSPS) is 12.6. The van der Waals surface area contributed by atoms with Crippen LogP contribution in [-0.4, -0.2) is 16.6 Å². The summed E-state index contributed by atoms with van der Waals surface area (Å²) in [5.74, 6) is 0.624. The molecule has 1 aliphatic rings. The molecule has 4 heteroatoms. The third-order valence-electron chi connectivity index (χ3n) is 5.68. The van der Waals surface area contributed by atoms with Gasteiger partial charge in [-0.15, -0.1) is 0 Å². The average Bonchev–Trinajstić information content (AvgIpc) is 2.82. The van der Waals surface area contributed by atoms with E-state index in [4.69, 9.17) is 4.74 Å². The highest BCUT2D eigenvalue weighted by Gasteiger charge is 2.33. The Morgan fingerprint density at radius 1 is 0.645 bits per heavy atom. The average molecular weight is 401 g/mol. The smallest absolute Gasteiger partial charge is 0.198 e. The second kappa shape index (κ2) is 6.61. The SMILES string of the molecule is O=C1c2ccccc2C(=O)c2c1cc1ccccc1c2Oc1ccc2ncccc2c1. The lowest BCUT2D eigenvalue weighted by molar-refractivity contribution is 0.0977. The first-order valence-corrected chi connectivity index (χ1v) is 9.97. The van der Waals surface area contributed by atoms with Crippen molar-refractivity contribution in [3.8, 4) is 11.5 Å². The minimum Gasteiger partial charge on any atom is -0.456 e. The summed E-state index contributed by atoms with van der Waals surface area (Å²) in [6.45, 7) is 0. The third kappa shape index (κ3) is 2.66. The molecule has 4 nitrogen and oxygen atoms in total. The Morgan fingerprint density at radius 2 is 1.39 bits per heavy atom. The Hall–Kier alpha value is -4.31. The predicted octanol–water partition coefficient (Wildman–Crippen LogP) is 5.96. The van der Waals surface area contributed by atoms with Gasteiger partial charge in [-0.1, -0.05) is 54.6 Å². The molecule has 0 N–H and O–H groups in total. The van der Waals surface area contributed by atoms with Gasteiger partial charge in [0.25, 0.3) is 0 Å². The summed E-state index contributed by atoms with van der Waals surface area (Å²) < 4.78 is 6.33. The van der Waals surface area contributed by atoms with Gasteiger partial charge in [-0.05, 0) is 35.7 Å². The van der Waals surface area contributed by atoms with E-state index in [1.807, 2.05) is 54.6 Å². The molecule has 0 spiro atoms. The van der Waals surface area contributed by atoms with E-state index < -0.39 is 0 Å². The van der Waals surface area contributed by atoms with Crippen LogP contribution in [0.1, 0.15) is 31.8 Å². The van der Waals surface area contributed by atoms with Crippen LogP contribution in [0.15, 0.2) is 91.1 Å². The van der Waals surface area contributed by atoms with Crippen molar-refractivity contribution in [3.05, 3.63) is 113 Å². The Bertz CT molecular complexity index is 1550.